The summed E-state index contributed by atoms with van der Waals surface area (Å²) in [6, 6.07) is 5.27. The van der Waals surface area contributed by atoms with Crippen LogP contribution < -0.4 is 4.21 Å². The number of nitrogens with zero attached hydrogens (tertiary/aromatic N) is 2. The van der Waals surface area contributed by atoms with Gasteiger partial charge in [0, 0.05) is 12.3 Å². The van der Waals surface area contributed by atoms with E-state index in [0.29, 0.717) is 12.4 Å². The van der Waals surface area contributed by atoms with Gasteiger partial charge in [0.05, 0.1) is 5.25 Å². The second-order valence-corrected chi connectivity index (χ2v) is 4.48. The van der Waals surface area contributed by atoms with Crippen molar-refractivity contribution < 1.29 is 4.84 Å². The molecule has 0 N–H and O–H groups in total. The van der Waals surface area contributed by atoms with Crippen LogP contribution in [-0.4, -0.2) is 16.8 Å². The molecule has 0 saturated carbocycles. The molecular weight excluding hydrogens is 200 g/mol. The van der Waals surface area contributed by atoms with Crippen LogP contribution in [0.2, 0.25) is 0 Å². The molecule has 1 saturated heterocycles. The molecular formula is C9H12N2O2S. The molecule has 1 aromatic heterocycles. The van der Waals surface area contributed by atoms with E-state index in [4.69, 9.17) is 4.84 Å². The van der Waals surface area contributed by atoms with Crippen molar-refractivity contribution in [3.8, 4) is 0 Å². The van der Waals surface area contributed by atoms with Crippen LogP contribution in [0, 0.1) is 5.21 Å². The van der Waals surface area contributed by atoms with E-state index in [1.165, 1.54) is 11.9 Å². The van der Waals surface area contributed by atoms with Crippen molar-refractivity contribution in [3.05, 3.63) is 29.6 Å². The van der Waals surface area contributed by atoms with E-state index in [0.717, 1.165) is 6.42 Å². The van der Waals surface area contributed by atoms with E-state index in [2.05, 4.69) is 11.9 Å². The molecule has 1 aliphatic heterocycles. The first-order valence-electron chi connectivity index (χ1n) is 4.59. The number of hydrogen-bond donors (Lipinski definition) is 0. The molecule has 2 atom stereocenters. The van der Waals surface area contributed by atoms with Gasteiger partial charge in [-0.1, -0.05) is 13.0 Å². The van der Waals surface area contributed by atoms with Gasteiger partial charge in [-0.25, -0.2) is 4.98 Å². The van der Waals surface area contributed by atoms with Gasteiger partial charge in [0.15, 0.2) is 0 Å². The maximum Gasteiger partial charge on any atom is 0.273 e. The molecule has 0 aliphatic carbocycles. The standard InChI is InChI=1S/C9H12N2O2S/c1-2-8-7-13-11(12,14-8)9-5-3-4-6-10-9/h3-6,8H,2,7H2,1H3/t8?,11-/m1/s1. The number of pyridine rings is 1. The van der Waals surface area contributed by atoms with E-state index in [9.17, 15) is 5.21 Å². The lowest BCUT2D eigenvalue weighted by atomic mass is 10.3. The lowest BCUT2D eigenvalue weighted by molar-refractivity contribution is -0.0127. The zero-order valence-corrected chi connectivity index (χ0v) is 8.74. The van der Waals surface area contributed by atoms with Gasteiger partial charge in [-0.3, -0.25) is 0 Å². The molecule has 1 aromatic rings. The molecule has 0 aromatic carbocycles. The van der Waals surface area contributed by atoms with Crippen molar-refractivity contribution in [2.45, 2.75) is 18.6 Å². The fourth-order valence-corrected chi connectivity index (χ4v) is 2.27. The Labute approximate surface area is 87.1 Å². The van der Waals surface area contributed by atoms with Gasteiger partial charge in [-0.15, -0.1) is 4.21 Å². The van der Waals surface area contributed by atoms with Crippen LogP contribution >= 0.6 is 11.9 Å². The van der Waals surface area contributed by atoms with Crippen LogP contribution in [0.4, 0.5) is 5.82 Å². The summed E-state index contributed by atoms with van der Waals surface area (Å²) in [5.74, 6) is 0.411. The Morgan fingerprint density at radius 1 is 1.71 bits per heavy atom. The van der Waals surface area contributed by atoms with Crippen molar-refractivity contribution in [3.63, 3.8) is 0 Å². The number of rotatable bonds is 2. The van der Waals surface area contributed by atoms with Crippen molar-refractivity contribution in [1.82, 2.24) is 9.20 Å². The third-order valence-electron chi connectivity index (χ3n) is 2.10. The summed E-state index contributed by atoms with van der Waals surface area (Å²) in [5.41, 5.74) is 0. The van der Waals surface area contributed by atoms with Gasteiger partial charge in [0.2, 0.25) is 0 Å². The summed E-state index contributed by atoms with van der Waals surface area (Å²) in [6.07, 6.45) is 2.55. The lowest BCUT2D eigenvalue weighted by Gasteiger charge is -2.28. The maximum atomic E-state index is 12.1. The van der Waals surface area contributed by atoms with E-state index in [-0.39, 0.29) is 5.25 Å². The third kappa shape index (κ3) is 1.76. The summed E-state index contributed by atoms with van der Waals surface area (Å²) < 4.78 is -0.806. The fraction of sp³-hybridized carbons (Fsp3) is 0.444. The topological polar surface area (TPSA) is 45.2 Å². The average Bonchev–Trinajstić information content (AvgIpc) is 2.63. The summed E-state index contributed by atoms with van der Waals surface area (Å²) >= 11 is 1.26. The molecule has 0 radical (unpaired) electrons. The van der Waals surface area contributed by atoms with Gasteiger partial charge in [0.1, 0.15) is 18.6 Å². The Kier molecular flexibility index (Phi) is 2.73. The predicted molar refractivity (Wildman–Crippen MR) is 57.0 cm³/mol. The van der Waals surface area contributed by atoms with Crippen LogP contribution in [0.5, 0.6) is 0 Å². The largest absolute Gasteiger partial charge is 0.580 e. The minimum Gasteiger partial charge on any atom is -0.580 e. The van der Waals surface area contributed by atoms with E-state index < -0.39 is 4.21 Å². The molecule has 1 unspecified atom stereocenters. The lowest BCUT2D eigenvalue weighted by Crippen LogP contribution is -2.31. The molecule has 0 amide bonds. The normalized spacial score (nSPS) is 32.0. The first-order chi connectivity index (χ1) is 6.74. The zero-order valence-electron chi connectivity index (χ0n) is 7.92. The van der Waals surface area contributed by atoms with E-state index in [1.54, 1.807) is 24.4 Å². The second kappa shape index (κ2) is 3.86. The van der Waals surface area contributed by atoms with Crippen LogP contribution in [0.25, 0.3) is 0 Å². The highest BCUT2D eigenvalue weighted by Gasteiger charge is 2.38. The highest BCUT2D eigenvalue weighted by Crippen LogP contribution is 2.39. The first-order valence-corrected chi connectivity index (χ1v) is 5.43. The predicted octanol–water partition coefficient (Wildman–Crippen LogP) is 2.26. The highest BCUT2D eigenvalue weighted by atomic mass is 32.2. The molecule has 0 spiro atoms. The quantitative estimate of drug-likeness (QED) is 0.428. The molecule has 1 aliphatic rings. The molecule has 2 rings (SSSR count). The highest BCUT2D eigenvalue weighted by molar-refractivity contribution is 7.99. The van der Waals surface area contributed by atoms with Crippen LogP contribution in [0.15, 0.2) is 24.4 Å². The van der Waals surface area contributed by atoms with E-state index >= 15 is 0 Å². The van der Waals surface area contributed by atoms with Gasteiger partial charge >= 0.3 is 0 Å². The third-order valence-corrected chi connectivity index (χ3v) is 3.44. The number of quaternary nitrogens is 1. The Hall–Kier alpha value is -0.620. The molecule has 2 heterocycles. The second-order valence-electron chi connectivity index (χ2n) is 3.12. The van der Waals surface area contributed by atoms with Crippen molar-refractivity contribution >= 4 is 17.8 Å². The van der Waals surface area contributed by atoms with Crippen LogP contribution in [-0.2, 0) is 4.84 Å². The molecule has 1 fully saturated rings. The molecule has 4 nitrogen and oxygen atoms in total. The molecule has 76 valence electrons. The smallest absolute Gasteiger partial charge is 0.273 e. The number of hydrogen-bond acceptors (Lipinski definition) is 4. The van der Waals surface area contributed by atoms with Crippen LogP contribution in [0.3, 0.4) is 0 Å². The van der Waals surface area contributed by atoms with E-state index in [1.807, 2.05) is 0 Å². The van der Waals surface area contributed by atoms with Gasteiger partial charge in [-0.2, -0.15) is 4.84 Å². The van der Waals surface area contributed by atoms with Crippen LogP contribution in [0.1, 0.15) is 13.3 Å². The van der Waals surface area contributed by atoms with Gasteiger partial charge in [0.25, 0.3) is 5.82 Å². The first kappa shape index (κ1) is 9.92. The summed E-state index contributed by atoms with van der Waals surface area (Å²) in [7, 11) is 0. The molecule has 5 heteroatoms. The minimum absolute atomic E-state index is 0.273. The van der Waals surface area contributed by atoms with Gasteiger partial charge < -0.3 is 5.21 Å². The fourth-order valence-electron chi connectivity index (χ4n) is 1.27. The zero-order chi connectivity index (χ0) is 10.0. The monoisotopic (exact) mass is 212 g/mol. The Morgan fingerprint density at radius 2 is 2.57 bits per heavy atom. The summed E-state index contributed by atoms with van der Waals surface area (Å²) in [4.78, 5) is 9.23. The average molecular weight is 212 g/mol. The number of aromatic nitrogens is 1. The van der Waals surface area contributed by atoms with Crippen molar-refractivity contribution in [2.75, 3.05) is 6.61 Å². The SMILES string of the molecule is CCC1CO[N@+]([O-])(c2ccccn2)S1. The Balaban J connectivity index is 2.19. The maximum absolute atomic E-state index is 12.1. The summed E-state index contributed by atoms with van der Waals surface area (Å²) in [5, 5.41) is 12.4. The van der Waals surface area contributed by atoms with Crippen molar-refractivity contribution in [2.24, 2.45) is 0 Å². The molecule has 14 heavy (non-hydrogen) atoms. The Morgan fingerprint density at radius 3 is 3.14 bits per heavy atom. The molecule has 0 bridgehead atoms. The summed E-state index contributed by atoms with van der Waals surface area (Å²) in [6.45, 7) is 2.55. The van der Waals surface area contributed by atoms with Gasteiger partial charge in [-0.05, 0) is 12.5 Å². The minimum atomic E-state index is -0.806. The van der Waals surface area contributed by atoms with Crippen molar-refractivity contribution in [1.29, 1.82) is 0 Å². The Bertz CT molecular complexity index is 309.